The van der Waals surface area contributed by atoms with Gasteiger partial charge in [-0.3, -0.25) is 19.1 Å². The molecule has 0 fully saturated rings. The van der Waals surface area contributed by atoms with Gasteiger partial charge in [0.1, 0.15) is 10.5 Å². The Morgan fingerprint density at radius 2 is 1.96 bits per heavy atom. The second-order valence-corrected chi connectivity index (χ2v) is 6.60. The summed E-state index contributed by atoms with van der Waals surface area (Å²) in [5.41, 5.74) is 2.66. The molecule has 0 spiro atoms. The van der Waals surface area contributed by atoms with Crippen LogP contribution in [0.15, 0.2) is 65.0 Å². The Kier molecular flexibility index (Phi) is 4.06. The Balaban J connectivity index is 1.94. The Bertz CT molecular complexity index is 1150. The van der Waals surface area contributed by atoms with Crippen molar-refractivity contribution >= 4 is 33.1 Å². The molecule has 3 aromatic heterocycles. The third kappa shape index (κ3) is 2.89. The predicted molar refractivity (Wildman–Crippen MR) is 103 cm³/mol. The summed E-state index contributed by atoms with van der Waals surface area (Å²) < 4.78 is 2.17. The molecule has 1 N–H and O–H groups in total. The summed E-state index contributed by atoms with van der Waals surface area (Å²) in [5, 5.41) is 4.59. The van der Waals surface area contributed by atoms with E-state index in [-0.39, 0.29) is 11.5 Å². The van der Waals surface area contributed by atoms with Gasteiger partial charge in [0.2, 0.25) is 5.91 Å². The maximum Gasteiger partial charge on any atom is 0.276 e. The zero-order valence-electron chi connectivity index (χ0n) is 13.8. The summed E-state index contributed by atoms with van der Waals surface area (Å²) in [4.78, 5) is 33.1. The molecule has 0 bridgehead atoms. The largest absolute Gasteiger partial charge is 0.326 e. The van der Waals surface area contributed by atoms with E-state index in [1.54, 1.807) is 35.2 Å². The lowest BCUT2D eigenvalue weighted by Gasteiger charge is -2.13. The first-order chi connectivity index (χ1) is 12.6. The van der Waals surface area contributed by atoms with Crippen molar-refractivity contribution in [2.45, 2.75) is 6.92 Å². The fourth-order valence-electron chi connectivity index (χ4n) is 2.74. The molecule has 0 aliphatic carbocycles. The smallest absolute Gasteiger partial charge is 0.276 e. The van der Waals surface area contributed by atoms with Crippen molar-refractivity contribution < 1.29 is 4.79 Å². The number of thiophene rings is 1. The fourth-order valence-corrected chi connectivity index (χ4v) is 3.50. The van der Waals surface area contributed by atoms with E-state index in [1.165, 1.54) is 18.3 Å². The summed E-state index contributed by atoms with van der Waals surface area (Å²) in [5.74, 6) is 0.395. The van der Waals surface area contributed by atoms with Gasteiger partial charge in [-0.25, -0.2) is 4.98 Å². The van der Waals surface area contributed by atoms with Gasteiger partial charge < -0.3 is 5.32 Å². The molecule has 0 saturated carbocycles. The highest BCUT2D eigenvalue weighted by Crippen LogP contribution is 2.25. The standard InChI is InChI=1S/C19H14N4O2S/c1-12(24)21-14-6-4-13(5-7-14)18-22-16-8-10-26-17(16)19(25)23(18)15-3-2-9-20-11-15/h2-11H,1H3,(H,21,24). The van der Waals surface area contributed by atoms with E-state index in [0.717, 1.165) is 5.56 Å². The molecule has 3 heterocycles. The second-order valence-electron chi connectivity index (χ2n) is 5.68. The van der Waals surface area contributed by atoms with Crippen LogP contribution >= 0.6 is 11.3 Å². The molecule has 26 heavy (non-hydrogen) atoms. The summed E-state index contributed by atoms with van der Waals surface area (Å²) in [7, 11) is 0. The molecule has 0 saturated heterocycles. The van der Waals surface area contributed by atoms with Gasteiger partial charge in [0, 0.05) is 24.4 Å². The lowest BCUT2D eigenvalue weighted by atomic mass is 10.1. The highest BCUT2D eigenvalue weighted by Gasteiger charge is 2.15. The van der Waals surface area contributed by atoms with Crippen LogP contribution in [0.3, 0.4) is 0 Å². The third-order valence-electron chi connectivity index (χ3n) is 3.85. The van der Waals surface area contributed by atoms with Crippen molar-refractivity contribution in [1.82, 2.24) is 14.5 Å². The van der Waals surface area contributed by atoms with Crippen molar-refractivity contribution in [1.29, 1.82) is 0 Å². The molecule has 0 atom stereocenters. The van der Waals surface area contributed by atoms with E-state index in [9.17, 15) is 9.59 Å². The van der Waals surface area contributed by atoms with E-state index < -0.39 is 0 Å². The number of hydrogen-bond donors (Lipinski definition) is 1. The first-order valence-corrected chi connectivity index (χ1v) is 8.80. The van der Waals surface area contributed by atoms with E-state index in [1.807, 2.05) is 29.6 Å². The first kappa shape index (κ1) is 16.2. The van der Waals surface area contributed by atoms with Crippen molar-refractivity contribution in [2.75, 3.05) is 5.32 Å². The Morgan fingerprint density at radius 1 is 1.15 bits per heavy atom. The second kappa shape index (κ2) is 6.53. The van der Waals surface area contributed by atoms with Gasteiger partial charge in [-0.2, -0.15) is 0 Å². The zero-order valence-corrected chi connectivity index (χ0v) is 14.7. The van der Waals surface area contributed by atoms with Gasteiger partial charge >= 0.3 is 0 Å². The number of carbonyl (C=O) groups is 1. The maximum atomic E-state index is 13.0. The van der Waals surface area contributed by atoms with E-state index >= 15 is 0 Å². The Morgan fingerprint density at radius 3 is 2.65 bits per heavy atom. The number of rotatable bonds is 3. The number of aromatic nitrogens is 3. The number of anilines is 1. The molecule has 1 aromatic carbocycles. The number of amides is 1. The Labute approximate surface area is 152 Å². The lowest BCUT2D eigenvalue weighted by Crippen LogP contribution is -2.21. The number of nitrogens with zero attached hydrogens (tertiary/aromatic N) is 3. The number of benzene rings is 1. The number of carbonyl (C=O) groups excluding carboxylic acids is 1. The van der Waals surface area contributed by atoms with Gasteiger partial charge in [-0.05, 0) is 47.8 Å². The first-order valence-electron chi connectivity index (χ1n) is 7.92. The molecular formula is C19H14N4O2S. The molecule has 0 aliphatic heterocycles. The minimum atomic E-state index is -0.136. The highest BCUT2D eigenvalue weighted by atomic mass is 32.1. The third-order valence-corrected chi connectivity index (χ3v) is 4.74. The summed E-state index contributed by atoms with van der Waals surface area (Å²) >= 11 is 1.37. The summed E-state index contributed by atoms with van der Waals surface area (Å²) in [6.45, 7) is 1.46. The van der Waals surface area contributed by atoms with Crippen LogP contribution < -0.4 is 10.9 Å². The zero-order chi connectivity index (χ0) is 18.1. The van der Waals surface area contributed by atoms with Gasteiger partial charge in [-0.1, -0.05) is 0 Å². The van der Waals surface area contributed by atoms with Crippen LogP contribution in [0, 0.1) is 0 Å². The average Bonchev–Trinajstić information content (AvgIpc) is 3.11. The molecule has 0 radical (unpaired) electrons. The van der Waals surface area contributed by atoms with E-state index in [4.69, 9.17) is 4.98 Å². The molecule has 6 nitrogen and oxygen atoms in total. The minimum Gasteiger partial charge on any atom is -0.326 e. The van der Waals surface area contributed by atoms with E-state index in [0.29, 0.717) is 27.4 Å². The summed E-state index contributed by atoms with van der Waals surface area (Å²) in [6.07, 6.45) is 3.30. The SMILES string of the molecule is CC(=O)Nc1ccc(-c2nc3ccsc3c(=O)n2-c2cccnc2)cc1. The van der Waals surface area contributed by atoms with Crippen LogP contribution in [0.4, 0.5) is 5.69 Å². The van der Waals surface area contributed by atoms with Crippen LogP contribution in [0.1, 0.15) is 6.92 Å². The molecule has 128 valence electrons. The summed E-state index contributed by atoms with van der Waals surface area (Å²) in [6, 6.07) is 12.7. The monoisotopic (exact) mass is 362 g/mol. The minimum absolute atomic E-state index is 0.126. The van der Waals surface area contributed by atoms with Crippen LogP contribution in [-0.4, -0.2) is 20.4 Å². The molecule has 4 aromatic rings. The van der Waals surface area contributed by atoms with Crippen molar-refractivity contribution in [3.05, 3.63) is 70.6 Å². The fraction of sp³-hybridized carbons (Fsp3) is 0.0526. The van der Waals surface area contributed by atoms with Gasteiger partial charge in [0.15, 0.2) is 0 Å². The van der Waals surface area contributed by atoms with Crippen molar-refractivity contribution in [3.8, 4) is 17.1 Å². The van der Waals surface area contributed by atoms with Gasteiger partial charge in [-0.15, -0.1) is 11.3 Å². The number of fused-ring (bicyclic) bond motifs is 1. The number of hydrogen-bond acceptors (Lipinski definition) is 5. The highest BCUT2D eigenvalue weighted by molar-refractivity contribution is 7.17. The van der Waals surface area contributed by atoms with Gasteiger partial charge in [0.25, 0.3) is 5.56 Å². The normalized spacial score (nSPS) is 10.8. The molecule has 7 heteroatoms. The number of pyridine rings is 1. The molecule has 1 amide bonds. The predicted octanol–water partition coefficient (Wildman–Crippen LogP) is 3.47. The van der Waals surface area contributed by atoms with Crippen molar-refractivity contribution in [2.24, 2.45) is 0 Å². The topological polar surface area (TPSA) is 76.9 Å². The molecule has 0 aliphatic rings. The van der Waals surface area contributed by atoms with E-state index in [2.05, 4.69) is 10.3 Å². The molecule has 0 unspecified atom stereocenters. The average molecular weight is 362 g/mol. The van der Waals surface area contributed by atoms with Crippen molar-refractivity contribution in [3.63, 3.8) is 0 Å². The van der Waals surface area contributed by atoms with Crippen LogP contribution in [0.25, 0.3) is 27.3 Å². The quantitative estimate of drug-likeness (QED) is 0.605. The van der Waals surface area contributed by atoms with Crippen LogP contribution in [-0.2, 0) is 4.79 Å². The molecular weight excluding hydrogens is 348 g/mol. The van der Waals surface area contributed by atoms with Gasteiger partial charge in [0.05, 0.1) is 17.4 Å². The molecule has 4 rings (SSSR count). The van der Waals surface area contributed by atoms with Crippen LogP contribution in [0.5, 0.6) is 0 Å². The maximum absolute atomic E-state index is 13.0. The lowest BCUT2D eigenvalue weighted by molar-refractivity contribution is -0.114. The van der Waals surface area contributed by atoms with Crippen LogP contribution in [0.2, 0.25) is 0 Å². The Hall–Kier alpha value is -3.32. The number of nitrogens with one attached hydrogen (secondary N) is 1.